The fourth-order valence-electron chi connectivity index (χ4n) is 1.91. The lowest BCUT2D eigenvalue weighted by molar-refractivity contribution is 0.185. The highest BCUT2D eigenvalue weighted by atomic mass is 16.5. The van der Waals surface area contributed by atoms with E-state index in [-0.39, 0.29) is 0 Å². The maximum atomic E-state index is 5.34. The molecule has 90 valence electrons. The topological polar surface area (TPSA) is 39.1 Å². The molecular weight excluding hydrogens is 202 g/mol. The third-order valence-corrected chi connectivity index (χ3v) is 2.96. The third kappa shape index (κ3) is 3.06. The molecule has 2 heterocycles. The molecule has 0 radical (unpaired) electrons. The van der Waals surface area contributed by atoms with E-state index in [0.717, 1.165) is 32.0 Å². The zero-order valence-electron chi connectivity index (χ0n) is 10.1. The van der Waals surface area contributed by atoms with Gasteiger partial charge in [0.05, 0.1) is 12.3 Å². The van der Waals surface area contributed by atoms with Gasteiger partial charge < -0.3 is 10.1 Å². The highest BCUT2D eigenvalue weighted by molar-refractivity contribution is 4.99. The van der Waals surface area contributed by atoms with E-state index in [0.29, 0.717) is 12.0 Å². The van der Waals surface area contributed by atoms with Crippen LogP contribution in [0.5, 0.6) is 0 Å². The summed E-state index contributed by atoms with van der Waals surface area (Å²) in [4.78, 5) is 0. The van der Waals surface area contributed by atoms with Crippen LogP contribution < -0.4 is 5.32 Å². The fourth-order valence-corrected chi connectivity index (χ4v) is 1.91. The van der Waals surface area contributed by atoms with Crippen molar-refractivity contribution in [2.24, 2.45) is 5.92 Å². The minimum Gasteiger partial charge on any atom is -0.381 e. The van der Waals surface area contributed by atoms with Crippen molar-refractivity contribution in [3.05, 3.63) is 18.0 Å². The van der Waals surface area contributed by atoms with Gasteiger partial charge in [0.15, 0.2) is 0 Å². The van der Waals surface area contributed by atoms with Crippen molar-refractivity contribution in [1.29, 1.82) is 0 Å². The minimum atomic E-state index is 0.442. The van der Waals surface area contributed by atoms with E-state index in [1.54, 1.807) is 0 Å². The summed E-state index contributed by atoms with van der Waals surface area (Å²) in [5.74, 6) is 0.687. The van der Waals surface area contributed by atoms with Crippen molar-refractivity contribution in [1.82, 2.24) is 15.1 Å². The normalized spacial score (nSPS) is 20.8. The van der Waals surface area contributed by atoms with E-state index >= 15 is 0 Å². The van der Waals surface area contributed by atoms with Gasteiger partial charge in [-0.3, -0.25) is 4.68 Å². The number of nitrogens with one attached hydrogen (secondary N) is 1. The predicted molar refractivity (Wildman–Crippen MR) is 63.2 cm³/mol. The van der Waals surface area contributed by atoms with Crippen molar-refractivity contribution in [3.63, 3.8) is 0 Å². The second-order valence-corrected chi connectivity index (χ2v) is 4.74. The highest BCUT2D eigenvalue weighted by Crippen LogP contribution is 2.11. The molecule has 1 N–H and O–H groups in total. The molecule has 1 aliphatic heterocycles. The zero-order chi connectivity index (χ0) is 11.4. The van der Waals surface area contributed by atoms with E-state index in [9.17, 15) is 0 Å². The Morgan fingerprint density at radius 1 is 1.62 bits per heavy atom. The van der Waals surface area contributed by atoms with Crippen LogP contribution in [0.1, 0.15) is 32.0 Å². The van der Waals surface area contributed by atoms with Gasteiger partial charge in [-0.15, -0.1) is 0 Å². The first-order valence-corrected chi connectivity index (χ1v) is 6.08. The molecule has 4 heteroatoms. The SMILES string of the molecule is CC(C)n1ccc(CNCC2CCOC2)n1. The van der Waals surface area contributed by atoms with Crippen LogP contribution in [0.3, 0.4) is 0 Å². The summed E-state index contributed by atoms with van der Waals surface area (Å²) in [6, 6.07) is 2.52. The number of hydrogen-bond acceptors (Lipinski definition) is 3. The molecule has 1 aromatic rings. The summed E-state index contributed by atoms with van der Waals surface area (Å²) in [5.41, 5.74) is 1.12. The first-order valence-electron chi connectivity index (χ1n) is 6.08. The maximum absolute atomic E-state index is 5.34. The van der Waals surface area contributed by atoms with Crippen LogP contribution in [0.4, 0.5) is 0 Å². The highest BCUT2D eigenvalue weighted by Gasteiger charge is 2.14. The van der Waals surface area contributed by atoms with Crippen LogP contribution in [0.25, 0.3) is 0 Å². The van der Waals surface area contributed by atoms with Crippen LogP contribution in [0, 0.1) is 5.92 Å². The van der Waals surface area contributed by atoms with Gasteiger partial charge in [-0.05, 0) is 32.3 Å². The molecule has 1 fully saturated rings. The number of rotatable bonds is 5. The molecule has 0 saturated carbocycles. The largest absolute Gasteiger partial charge is 0.381 e. The zero-order valence-corrected chi connectivity index (χ0v) is 10.1. The van der Waals surface area contributed by atoms with Gasteiger partial charge in [0.25, 0.3) is 0 Å². The van der Waals surface area contributed by atoms with Crippen LogP contribution in [0.2, 0.25) is 0 Å². The third-order valence-electron chi connectivity index (χ3n) is 2.96. The molecule has 1 aromatic heterocycles. The van der Waals surface area contributed by atoms with E-state index in [4.69, 9.17) is 4.74 Å². The van der Waals surface area contributed by atoms with Gasteiger partial charge in [0.2, 0.25) is 0 Å². The maximum Gasteiger partial charge on any atom is 0.0762 e. The van der Waals surface area contributed by atoms with E-state index in [2.05, 4.69) is 30.3 Å². The summed E-state index contributed by atoms with van der Waals surface area (Å²) in [7, 11) is 0. The number of ether oxygens (including phenoxy) is 1. The molecule has 1 aliphatic rings. The molecule has 1 saturated heterocycles. The van der Waals surface area contributed by atoms with Crippen LogP contribution >= 0.6 is 0 Å². The molecule has 1 atom stereocenters. The Hall–Kier alpha value is -0.870. The second-order valence-electron chi connectivity index (χ2n) is 4.74. The lowest BCUT2D eigenvalue weighted by atomic mass is 10.1. The van der Waals surface area contributed by atoms with Crippen LogP contribution in [0.15, 0.2) is 12.3 Å². The van der Waals surface area contributed by atoms with E-state index in [1.807, 2.05) is 10.9 Å². The molecule has 2 rings (SSSR count). The van der Waals surface area contributed by atoms with Crippen LogP contribution in [-0.2, 0) is 11.3 Å². The van der Waals surface area contributed by atoms with Crippen molar-refractivity contribution >= 4 is 0 Å². The second kappa shape index (κ2) is 5.46. The Balaban J connectivity index is 1.72. The Labute approximate surface area is 97.0 Å². The molecule has 0 aliphatic carbocycles. The lowest BCUT2D eigenvalue weighted by Gasteiger charge is -2.08. The van der Waals surface area contributed by atoms with Gasteiger partial charge in [-0.2, -0.15) is 5.10 Å². The van der Waals surface area contributed by atoms with Gasteiger partial charge in [0, 0.05) is 31.9 Å². The number of nitrogens with zero attached hydrogens (tertiary/aromatic N) is 2. The molecule has 0 spiro atoms. The molecule has 0 bridgehead atoms. The summed E-state index contributed by atoms with van der Waals surface area (Å²) >= 11 is 0. The Kier molecular flexibility index (Phi) is 3.96. The minimum absolute atomic E-state index is 0.442. The molecular formula is C12H21N3O. The standard InChI is InChI=1S/C12H21N3O/c1-10(2)15-5-3-12(14-15)8-13-7-11-4-6-16-9-11/h3,5,10-11,13H,4,6-9H2,1-2H3. The summed E-state index contributed by atoms with van der Waals surface area (Å²) in [5, 5.41) is 7.94. The average molecular weight is 223 g/mol. The van der Waals surface area contributed by atoms with E-state index in [1.165, 1.54) is 6.42 Å². The quantitative estimate of drug-likeness (QED) is 0.824. The average Bonchev–Trinajstić information content (AvgIpc) is 2.87. The number of aromatic nitrogens is 2. The summed E-state index contributed by atoms with van der Waals surface area (Å²) in [6.45, 7) is 8.01. The Morgan fingerprint density at radius 3 is 3.12 bits per heavy atom. The fraction of sp³-hybridized carbons (Fsp3) is 0.750. The van der Waals surface area contributed by atoms with Gasteiger partial charge in [-0.25, -0.2) is 0 Å². The molecule has 1 unspecified atom stereocenters. The van der Waals surface area contributed by atoms with Crippen LogP contribution in [-0.4, -0.2) is 29.5 Å². The number of hydrogen-bond donors (Lipinski definition) is 1. The van der Waals surface area contributed by atoms with Gasteiger partial charge in [-0.1, -0.05) is 0 Å². The Morgan fingerprint density at radius 2 is 2.50 bits per heavy atom. The van der Waals surface area contributed by atoms with Gasteiger partial charge in [0.1, 0.15) is 0 Å². The smallest absolute Gasteiger partial charge is 0.0762 e. The van der Waals surface area contributed by atoms with Gasteiger partial charge >= 0.3 is 0 Å². The van der Waals surface area contributed by atoms with Crippen molar-refractivity contribution in [2.45, 2.75) is 32.9 Å². The molecule has 4 nitrogen and oxygen atoms in total. The first kappa shape index (κ1) is 11.6. The molecule has 0 amide bonds. The summed E-state index contributed by atoms with van der Waals surface area (Å²) < 4.78 is 7.33. The molecule has 0 aromatic carbocycles. The lowest BCUT2D eigenvalue weighted by Crippen LogP contribution is -2.22. The molecule has 16 heavy (non-hydrogen) atoms. The Bertz CT molecular complexity index is 316. The first-order chi connectivity index (χ1) is 7.75. The van der Waals surface area contributed by atoms with Crippen molar-refractivity contribution in [3.8, 4) is 0 Å². The predicted octanol–water partition coefficient (Wildman–Crippen LogP) is 1.59. The monoisotopic (exact) mass is 223 g/mol. The van der Waals surface area contributed by atoms with Crippen molar-refractivity contribution < 1.29 is 4.74 Å². The van der Waals surface area contributed by atoms with E-state index < -0.39 is 0 Å². The van der Waals surface area contributed by atoms with Crippen molar-refractivity contribution in [2.75, 3.05) is 19.8 Å². The summed E-state index contributed by atoms with van der Waals surface area (Å²) in [6.07, 6.45) is 3.23.